The monoisotopic (exact) mass is 168 g/mol. The summed E-state index contributed by atoms with van der Waals surface area (Å²) in [6.07, 6.45) is 6.46. The molecule has 12 heavy (non-hydrogen) atoms. The molecule has 1 rings (SSSR count). The van der Waals surface area contributed by atoms with Crippen molar-refractivity contribution in [2.24, 2.45) is 5.92 Å². The van der Waals surface area contributed by atoms with Gasteiger partial charge in [0.2, 0.25) is 0 Å². The topological polar surface area (TPSA) is 26.3 Å². The summed E-state index contributed by atoms with van der Waals surface area (Å²) >= 11 is 0. The van der Waals surface area contributed by atoms with Crippen molar-refractivity contribution >= 4 is 5.97 Å². The highest BCUT2D eigenvalue weighted by Gasteiger charge is 2.11. The van der Waals surface area contributed by atoms with Crippen LogP contribution in [0.3, 0.4) is 0 Å². The van der Waals surface area contributed by atoms with E-state index in [1.54, 1.807) is 0 Å². The first-order valence-corrected chi connectivity index (χ1v) is 4.56. The second kappa shape index (κ2) is 4.29. The van der Waals surface area contributed by atoms with E-state index >= 15 is 0 Å². The third kappa shape index (κ3) is 3.07. The predicted molar refractivity (Wildman–Crippen MR) is 47.5 cm³/mol. The van der Waals surface area contributed by atoms with Crippen molar-refractivity contribution in [3.8, 4) is 0 Å². The number of carbonyl (C=O) groups excluding carboxylic acids is 1. The van der Waals surface area contributed by atoms with Gasteiger partial charge in [-0.05, 0) is 31.3 Å². The van der Waals surface area contributed by atoms with Crippen LogP contribution in [0.5, 0.6) is 0 Å². The third-order valence-electron chi connectivity index (χ3n) is 2.10. The molecular formula is C10H16O2. The average Bonchev–Trinajstić information content (AvgIpc) is 2.12. The van der Waals surface area contributed by atoms with E-state index in [9.17, 15) is 4.79 Å². The molecule has 1 unspecified atom stereocenters. The molecule has 0 amide bonds. The molecule has 2 nitrogen and oxygen atoms in total. The zero-order valence-corrected chi connectivity index (χ0v) is 7.80. The quantitative estimate of drug-likeness (QED) is 0.562. The number of hydrogen-bond donors (Lipinski definition) is 0. The van der Waals surface area contributed by atoms with E-state index in [1.165, 1.54) is 19.8 Å². The van der Waals surface area contributed by atoms with Crippen LogP contribution >= 0.6 is 0 Å². The molecule has 1 aliphatic carbocycles. The summed E-state index contributed by atoms with van der Waals surface area (Å²) in [6.45, 7) is 3.65. The highest BCUT2D eigenvalue weighted by Crippen LogP contribution is 2.23. The Morgan fingerprint density at radius 3 is 3.08 bits per heavy atom. The van der Waals surface area contributed by atoms with E-state index in [1.807, 2.05) is 6.08 Å². The molecule has 0 saturated heterocycles. The van der Waals surface area contributed by atoms with Gasteiger partial charge in [0.1, 0.15) is 5.76 Å². The summed E-state index contributed by atoms with van der Waals surface area (Å²) in [4.78, 5) is 10.7. The smallest absolute Gasteiger partial charge is 0.307 e. The minimum atomic E-state index is -0.199. The highest BCUT2D eigenvalue weighted by atomic mass is 16.5. The summed E-state index contributed by atoms with van der Waals surface area (Å²) in [5.74, 6) is 1.32. The van der Waals surface area contributed by atoms with Crippen molar-refractivity contribution in [2.75, 3.05) is 0 Å². The molecule has 0 fully saturated rings. The Hall–Kier alpha value is -0.790. The first-order chi connectivity index (χ1) is 5.68. The normalized spacial score (nSPS) is 24.2. The van der Waals surface area contributed by atoms with Gasteiger partial charge in [0.05, 0.1) is 0 Å². The van der Waals surface area contributed by atoms with Gasteiger partial charge in [-0.3, -0.25) is 4.79 Å². The van der Waals surface area contributed by atoms with E-state index in [-0.39, 0.29) is 5.97 Å². The largest absolute Gasteiger partial charge is 0.432 e. The lowest BCUT2D eigenvalue weighted by molar-refractivity contribution is -0.137. The van der Waals surface area contributed by atoms with Crippen LogP contribution in [0.1, 0.15) is 39.5 Å². The molecule has 2 heteroatoms. The van der Waals surface area contributed by atoms with E-state index < -0.39 is 0 Å². The maximum atomic E-state index is 10.7. The molecule has 0 radical (unpaired) electrons. The summed E-state index contributed by atoms with van der Waals surface area (Å²) in [5, 5.41) is 0. The number of hydrogen-bond acceptors (Lipinski definition) is 2. The lowest BCUT2D eigenvalue weighted by Gasteiger charge is -2.09. The minimum absolute atomic E-state index is 0.199. The number of carbonyl (C=O) groups is 1. The fourth-order valence-electron chi connectivity index (χ4n) is 1.53. The molecule has 0 aliphatic heterocycles. The molecule has 0 N–H and O–H groups in total. The van der Waals surface area contributed by atoms with Crippen molar-refractivity contribution in [1.29, 1.82) is 0 Å². The Labute approximate surface area is 73.6 Å². The van der Waals surface area contributed by atoms with Crippen LogP contribution < -0.4 is 0 Å². The molecule has 0 saturated carbocycles. The molecule has 0 aromatic rings. The summed E-state index contributed by atoms with van der Waals surface area (Å²) in [7, 11) is 0. The van der Waals surface area contributed by atoms with Gasteiger partial charge in [0.25, 0.3) is 0 Å². The number of ether oxygens (including phenoxy) is 1. The highest BCUT2D eigenvalue weighted by molar-refractivity contribution is 5.67. The minimum Gasteiger partial charge on any atom is -0.432 e. The van der Waals surface area contributed by atoms with Gasteiger partial charge < -0.3 is 4.74 Å². The van der Waals surface area contributed by atoms with Crippen LogP contribution in [0.15, 0.2) is 11.8 Å². The zero-order valence-electron chi connectivity index (χ0n) is 7.80. The summed E-state index contributed by atoms with van der Waals surface area (Å²) < 4.78 is 5.06. The first-order valence-electron chi connectivity index (χ1n) is 4.56. The lowest BCUT2D eigenvalue weighted by atomic mass is 10.0. The van der Waals surface area contributed by atoms with Gasteiger partial charge in [0, 0.05) is 13.3 Å². The van der Waals surface area contributed by atoms with Crippen LogP contribution in [0.2, 0.25) is 0 Å². The Morgan fingerprint density at radius 1 is 1.67 bits per heavy atom. The molecule has 0 bridgehead atoms. The summed E-state index contributed by atoms with van der Waals surface area (Å²) in [5.41, 5.74) is 0. The SMILES string of the molecule is CC(=O)OC1=CCCCC(C)C1. The van der Waals surface area contributed by atoms with E-state index in [0.29, 0.717) is 5.92 Å². The van der Waals surface area contributed by atoms with Gasteiger partial charge in [-0.2, -0.15) is 0 Å². The van der Waals surface area contributed by atoms with Gasteiger partial charge >= 0.3 is 5.97 Å². The Morgan fingerprint density at radius 2 is 2.42 bits per heavy atom. The number of rotatable bonds is 1. The third-order valence-corrected chi connectivity index (χ3v) is 2.10. The van der Waals surface area contributed by atoms with Gasteiger partial charge in [-0.1, -0.05) is 6.92 Å². The number of allylic oxidation sites excluding steroid dienone is 2. The lowest BCUT2D eigenvalue weighted by Crippen LogP contribution is -2.02. The van der Waals surface area contributed by atoms with Gasteiger partial charge in [-0.25, -0.2) is 0 Å². The molecule has 68 valence electrons. The second-order valence-electron chi connectivity index (χ2n) is 3.50. The maximum absolute atomic E-state index is 10.7. The average molecular weight is 168 g/mol. The van der Waals surface area contributed by atoms with E-state index in [2.05, 4.69) is 6.92 Å². The van der Waals surface area contributed by atoms with Crippen molar-refractivity contribution in [3.05, 3.63) is 11.8 Å². The second-order valence-corrected chi connectivity index (χ2v) is 3.50. The first kappa shape index (κ1) is 9.30. The van der Waals surface area contributed by atoms with Crippen molar-refractivity contribution in [2.45, 2.75) is 39.5 Å². The Kier molecular flexibility index (Phi) is 3.32. The van der Waals surface area contributed by atoms with Gasteiger partial charge in [-0.15, -0.1) is 0 Å². The molecule has 1 atom stereocenters. The maximum Gasteiger partial charge on any atom is 0.307 e. The molecule has 0 heterocycles. The predicted octanol–water partition coefficient (Wildman–Crippen LogP) is 2.64. The standard InChI is InChI=1S/C10H16O2/c1-8-5-3-4-6-10(7-8)12-9(2)11/h6,8H,3-5,7H2,1-2H3. The molecular weight excluding hydrogens is 152 g/mol. The zero-order chi connectivity index (χ0) is 8.97. The molecule has 1 aliphatic rings. The Bertz CT molecular complexity index is 194. The molecule has 0 spiro atoms. The van der Waals surface area contributed by atoms with E-state index in [4.69, 9.17) is 4.74 Å². The van der Waals surface area contributed by atoms with Crippen LogP contribution in [-0.2, 0) is 9.53 Å². The number of esters is 1. The van der Waals surface area contributed by atoms with Crippen LogP contribution in [0.4, 0.5) is 0 Å². The van der Waals surface area contributed by atoms with Crippen LogP contribution in [-0.4, -0.2) is 5.97 Å². The molecule has 0 aromatic heterocycles. The van der Waals surface area contributed by atoms with Crippen LogP contribution in [0.25, 0.3) is 0 Å². The van der Waals surface area contributed by atoms with E-state index in [0.717, 1.165) is 18.6 Å². The van der Waals surface area contributed by atoms with Crippen molar-refractivity contribution in [1.82, 2.24) is 0 Å². The fourth-order valence-corrected chi connectivity index (χ4v) is 1.53. The molecule has 0 aromatic carbocycles. The van der Waals surface area contributed by atoms with Gasteiger partial charge in [0.15, 0.2) is 0 Å². The van der Waals surface area contributed by atoms with Crippen molar-refractivity contribution in [3.63, 3.8) is 0 Å². The van der Waals surface area contributed by atoms with Crippen LogP contribution in [0, 0.1) is 5.92 Å². The van der Waals surface area contributed by atoms with Crippen molar-refractivity contribution < 1.29 is 9.53 Å². The fraction of sp³-hybridized carbons (Fsp3) is 0.700. The Balaban J connectivity index is 2.49. The summed E-state index contributed by atoms with van der Waals surface area (Å²) in [6, 6.07) is 0.